The number of aryl methyl sites for hydroxylation is 2. The molecule has 11 heteroatoms. The van der Waals surface area contributed by atoms with E-state index in [9.17, 15) is 23.5 Å². The van der Waals surface area contributed by atoms with Crippen LogP contribution in [0, 0.1) is 13.8 Å². The van der Waals surface area contributed by atoms with Gasteiger partial charge in [0.05, 0.1) is 23.9 Å². The van der Waals surface area contributed by atoms with Crippen LogP contribution in [0.3, 0.4) is 0 Å². The van der Waals surface area contributed by atoms with Crippen LogP contribution in [-0.4, -0.2) is 66.5 Å². The van der Waals surface area contributed by atoms with Gasteiger partial charge in [-0.25, -0.2) is 13.3 Å². The number of alkyl halides is 2. The van der Waals surface area contributed by atoms with Gasteiger partial charge in [0.1, 0.15) is 17.0 Å². The smallest absolute Gasteiger partial charge is 0.268 e. The van der Waals surface area contributed by atoms with E-state index in [1.54, 1.807) is 57.5 Å². The predicted octanol–water partition coefficient (Wildman–Crippen LogP) is 3.73. The average molecular weight is 524 g/mol. The maximum atomic E-state index is 13.2. The molecule has 2 fully saturated rings. The van der Waals surface area contributed by atoms with E-state index in [2.05, 4.69) is 10.4 Å². The van der Waals surface area contributed by atoms with Crippen LogP contribution in [-0.2, 0) is 0 Å². The van der Waals surface area contributed by atoms with Crippen molar-refractivity contribution in [3.8, 4) is 11.5 Å². The molecule has 4 aromatic heterocycles. The van der Waals surface area contributed by atoms with E-state index in [1.807, 2.05) is 19.9 Å². The number of carbonyl (C=O) groups excluding carboxylic acids is 2. The number of pyridine rings is 1. The predicted molar refractivity (Wildman–Crippen MR) is 134 cm³/mol. The number of halogens is 2. The molecule has 0 bridgehead atoms. The molecule has 2 amide bonds. The number of β-amino-alcohol motifs (C(OH)–C–C–N with tert-alkyl or cyclic N) is 1. The van der Waals surface area contributed by atoms with Crippen LogP contribution >= 0.6 is 0 Å². The van der Waals surface area contributed by atoms with Crippen LogP contribution in [0.2, 0.25) is 0 Å². The van der Waals surface area contributed by atoms with E-state index < -0.39 is 24.0 Å². The third kappa shape index (κ3) is 3.89. The third-order valence-corrected chi connectivity index (χ3v) is 7.62. The topological polar surface area (TPSA) is 101 Å². The third-order valence-electron chi connectivity index (χ3n) is 7.62. The lowest BCUT2D eigenvalue weighted by Crippen LogP contribution is -2.60. The Kier molecular flexibility index (Phi) is 5.46. The summed E-state index contributed by atoms with van der Waals surface area (Å²) < 4.78 is 35.9. The van der Waals surface area contributed by atoms with Crippen molar-refractivity contribution >= 4 is 22.8 Å². The number of aliphatic hydroxyl groups is 1. The van der Waals surface area contributed by atoms with Crippen LogP contribution in [0.4, 0.5) is 8.78 Å². The minimum Gasteiger partial charge on any atom is -0.455 e. The first kappa shape index (κ1) is 24.4. The normalized spacial score (nSPS) is 20.8. The number of fused-ring (bicyclic) bond motifs is 2. The zero-order chi connectivity index (χ0) is 26.9. The molecule has 1 aliphatic carbocycles. The Morgan fingerprint density at radius 1 is 1.21 bits per heavy atom. The molecule has 198 valence electrons. The zero-order valence-electron chi connectivity index (χ0n) is 21.1. The molecule has 2 atom stereocenters. The number of carbonyl (C=O) groups is 2. The van der Waals surface area contributed by atoms with Gasteiger partial charge >= 0.3 is 0 Å². The summed E-state index contributed by atoms with van der Waals surface area (Å²) >= 11 is 0. The second-order valence-corrected chi connectivity index (χ2v) is 10.3. The van der Waals surface area contributed by atoms with Crippen molar-refractivity contribution in [1.29, 1.82) is 0 Å². The van der Waals surface area contributed by atoms with Gasteiger partial charge in [-0.15, -0.1) is 0 Å². The molecule has 1 saturated heterocycles. The van der Waals surface area contributed by atoms with E-state index in [0.717, 1.165) is 0 Å². The van der Waals surface area contributed by atoms with Crippen molar-refractivity contribution < 1.29 is 28.2 Å². The van der Waals surface area contributed by atoms with Crippen LogP contribution in [0.5, 0.6) is 11.5 Å². The number of hydrogen-bond acceptors (Lipinski definition) is 5. The fourth-order valence-corrected chi connectivity index (χ4v) is 5.32. The Morgan fingerprint density at radius 3 is 2.66 bits per heavy atom. The summed E-state index contributed by atoms with van der Waals surface area (Å²) in [6, 6.07) is 6.27. The standard InChI is InChI=1S/C27H27F2N5O4/c1-14-8-18-9-19(5-7-32(18)23(14)25(36)31-17-10-27(28,29)11-17)38-22-4-6-30-34-12-20(15(2)24(22)34)26(37)33-13-21(35)16(33)3/h4-9,12,16-17,21,35H,10-11,13H2,1-3H3,(H,31,36)/t16-,21-/m1/s1. The van der Waals surface area contributed by atoms with Gasteiger partial charge in [-0.2, -0.15) is 5.10 Å². The van der Waals surface area contributed by atoms with E-state index in [4.69, 9.17) is 4.74 Å². The Bertz CT molecular complexity index is 1600. The Labute approximate surface area is 216 Å². The minimum absolute atomic E-state index is 0.168. The lowest BCUT2D eigenvalue weighted by atomic mass is 9.88. The summed E-state index contributed by atoms with van der Waals surface area (Å²) in [4.78, 5) is 27.5. The van der Waals surface area contributed by atoms with E-state index in [1.165, 1.54) is 0 Å². The molecule has 2 aliphatic rings. The second kappa shape index (κ2) is 8.52. The highest BCUT2D eigenvalue weighted by molar-refractivity contribution is 5.99. The molecule has 5 heterocycles. The number of amides is 2. The van der Waals surface area contributed by atoms with E-state index in [0.29, 0.717) is 51.5 Å². The fourth-order valence-electron chi connectivity index (χ4n) is 5.32. The molecule has 2 N–H and O–H groups in total. The summed E-state index contributed by atoms with van der Waals surface area (Å²) in [7, 11) is 0. The van der Waals surface area contributed by atoms with Crippen molar-refractivity contribution in [2.45, 2.75) is 57.7 Å². The second-order valence-electron chi connectivity index (χ2n) is 10.3. The number of hydrogen-bond donors (Lipinski definition) is 2. The molecule has 6 rings (SSSR count). The lowest BCUT2D eigenvalue weighted by Gasteiger charge is -2.43. The highest BCUT2D eigenvalue weighted by Crippen LogP contribution is 2.38. The summed E-state index contributed by atoms with van der Waals surface area (Å²) in [5.41, 5.74) is 3.67. The number of likely N-dealkylation sites (tertiary alicyclic amines) is 1. The van der Waals surface area contributed by atoms with Crippen molar-refractivity contribution in [1.82, 2.24) is 24.2 Å². The number of nitrogens with one attached hydrogen (secondary N) is 1. The van der Waals surface area contributed by atoms with Gasteiger partial charge in [0.15, 0.2) is 5.75 Å². The van der Waals surface area contributed by atoms with Crippen molar-refractivity contribution in [2.75, 3.05) is 6.54 Å². The molecule has 38 heavy (non-hydrogen) atoms. The minimum atomic E-state index is -2.71. The first-order valence-electron chi connectivity index (χ1n) is 12.5. The van der Waals surface area contributed by atoms with Crippen molar-refractivity contribution in [3.63, 3.8) is 0 Å². The maximum absolute atomic E-state index is 13.2. The molecule has 0 unspecified atom stereocenters. The molecule has 1 aliphatic heterocycles. The SMILES string of the molecule is Cc1cc2cc(Oc3ccnn4cc(C(=O)N5C[C@@H](O)[C@H]5C)c(C)c34)ccn2c1C(=O)NC1CC(F)(F)C1. The number of aliphatic hydroxyl groups excluding tert-OH is 1. The fraction of sp³-hybridized carbons (Fsp3) is 0.370. The Morgan fingerprint density at radius 2 is 1.97 bits per heavy atom. The zero-order valence-corrected chi connectivity index (χ0v) is 21.1. The first-order valence-corrected chi connectivity index (χ1v) is 12.5. The van der Waals surface area contributed by atoms with Gasteiger partial charge < -0.3 is 24.5 Å². The van der Waals surface area contributed by atoms with Gasteiger partial charge in [-0.05, 0) is 44.0 Å². The molecular weight excluding hydrogens is 496 g/mol. The molecule has 0 spiro atoms. The monoisotopic (exact) mass is 523 g/mol. The Hall–Kier alpha value is -3.99. The summed E-state index contributed by atoms with van der Waals surface area (Å²) in [6.45, 7) is 5.74. The van der Waals surface area contributed by atoms with E-state index >= 15 is 0 Å². The summed E-state index contributed by atoms with van der Waals surface area (Å²) in [5.74, 6) is -2.25. The quantitative estimate of drug-likeness (QED) is 0.415. The molecule has 4 aromatic rings. The number of rotatable bonds is 5. The van der Waals surface area contributed by atoms with Crippen LogP contribution in [0.25, 0.3) is 11.0 Å². The van der Waals surface area contributed by atoms with Crippen molar-refractivity contribution in [2.24, 2.45) is 0 Å². The first-order chi connectivity index (χ1) is 18.0. The summed E-state index contributed by atoms with van der Waals surface area (Å²) in [5, 5.41) is 16.8. The molecule has 0 radical (unpaired) electrons. The highest BCUT2D eigenvalue weighted by Gasteiger charge is 2.46. The van der Waals surface area contributed by atoms with Crippen LogP contribution in [0.15, 0.2) is 42.9 Å². The van der Waals surface area contributed by atoms with Crippen LogP contribution < -0.4 is 10.1 Å². The van der Waals surface area contributed by atoms with Crippen molar-refractivity contribution in [3.05, 3.63) is 65.2 Å². The largest absolute Gasteiger partial charge is 0.455 e. The van der Waals surface area contributed by atoms with Gasteiger partial charge in [-0.3, -0.25) is 9.59 Å². The average Bonchev–Trinajstić information content (AvgIpc) is 3.36. The maximum Gasteiger partial charge on any atom is 0.268 e. The van der Waals surface area contributed by atoms with Gasteiger partial charge in [0.2, 0.25) is 0 Å². The highest BCUT2D eigenvalue weighted by atomic mass is 19.3. The molecule has 0 aromatic carbocycles. The number of aromatic nitrogens is 3. The number of ether oxygens (including phenoxy) is 1. The van der Waals surface area contributed by atoms with Gasteiger partial charge in [0.25, 0.3) is 17.7 Å². The van der Waals surface area contributed by atoms with E-state index in [-0.39, 0.29) is 24.8 Å². The Balaban J connectivity index is 1.27. The molecule has 1 saturated carbocycles. The lowest BCUT2D eigenvalue weighted by molar-refractivity contribution is -0.0901. The molecular formula is C27H27F2N5O4. The van der Waals surface area contributed by atoms with Crippen LogP contribution in [0.1, 0.15) is 51.7 Å². The molecule has 9 nitrogen and oxygen atoms in total. The number of nitrogens with zero attached hydrogens (tertiary/aromatic N) is 4. The van der Waals surface area contributed by atoms with Gasteiger partial charge in [0, 0.05) is 55.5 Å². The summed E-state index contributed by atoms with van der Waals surface area (Å²) in [6.07, 6.45) is 3.75. The van der Waals surface area contributed by atoms with Gasteiger partial charge in [-0.1, -0.05) is 0 Å².